The van der Waals surface area contributed by atoms with Gasteiger partial charge in [0.05, 0.1) is 6.54 Å². The zero-order valence-electron chi connectivity index (χ0n) is 16.5. The summed E-state index contributed by atoms with van der Waals surface area (Å²) in [6, 6.07) is 8.88. The Morgan fingerprint density at radius 3 is 2.63 bits per heavy atom. The van der Waals surface area contributed by atoms with Crippen LogP contribution >= 0.6 is 0 Å². The Bertz CT molecular complexity index is 892. The average molecular weight is 364 g/mol. The van der Waals surface area contributed by atoms with E-state index in [1.807, 2.05) is 19.3 Å². The molecule has 0 amide bonds. The van der Waals surface area contributed by atoms with Crippen LogP contribution in [0.4, 0.5) is 0 Å². The van der Waals surface area contributed by atoms with E-state index in [9.17, 15) is 0 Å². The van der Waals surface area contributed by atoms with Crippen LogP contribution < -0.4 is 0 Å². The molecule has 142 valence electrons. The van der Waals surface area contributed by atoms with Crippen molar-refractivity contribution < 1.29 is 0 Å². The number of piperidine rings is 1. The summed E-state index contributed by atoms with van der Waals surface area (Å²) >= 11 is 0. The highest BCUT2D eigenvalue weighted by Crippen LogP contribution is 2.27. The van der Waals surface area contributed by atoms with Gasteiger partial charge in [0, 0.05) is 38.4 Å². The van der Waals surface area contributed by atoms with E-state index in [4.69, 9.17) is 0 Å². The Balaban J connectivity index is 1.45. The first-order chi connectivity index (χ1) is 13.1. The van der Waals surface area contributed by atoms with Gasteiger partial charge >= 0.3 is 0 Å². The molecular formula is C21H28N6. The fourth-order valence-electron chi connectivity index (χ4n) is 3.95. The molecule has 3 aromatic rings. The summed E-state index contributed by atoms with van der Waals surface area (Å²) in [6.07, 6.45) is 6.21. The fourth-order valence-corrected chi connectivity index (χ4v) is 3.95. The molecular weight excluding hydrogens is 336 g/mol. The zero-order chi connectivity index (χ0) is 18.8. The van der Waals surface area contributed by atoms with E-state index in [0.29, 0.717) is 5.92 Å². The van der Waals surface area contributed by atoms with Crippen molar-refractivity contribution in [3.05, 3.63) is 65.3 Å². The molecule has 1 fully saturated rings. The topological polar surface area (TPSA) is 51.8 Å². The average Bonchev–Trinajstić information content (AvgIpc) is 3.24. The number of benzene rings is 1. The lowest BCUT2D eigenvalue weighted by Gasteiger charge is -2.32. The van der Waals surface area contributed by atoms with E-state index in [-0.39, 0.29) is 0 Å². The Hall–Kier alpha value is -2.47. The predicted molar refractivity (Wildman–Crippen MR) is 106 cm³/mol. The second-order valence-electron chi connectivity index (χ2n) is 7.70. The van der Waals surface area contributed by atoms with E-state index in [0.717, 1.165) is 43.7 Å². The van der Waals surface area contributed by atoms with Crippen LogP contribution in [0.25, 0.3) is 0 Å². The van der Waals surface area contributed by atoms with Gasteiger partial charge in [-0.2, -0.15) is 0 Å². The first-order valence-corrected chi connectivity index (χ1v) is 9.74. The van der Waals surface area contributed by atoms with Gasteiger partial charge in [-0.25, -0.2) is 4.98 Å². The summed E-state index contributed by atoms with van der Waals surface area (Å²) in [6.45, 7) is 8.08. The molecule has 1 atom stereocenters. The van der Waals surface area contributed by atoms with Gasteiger partial charge in [-0.05, 0) is 38.8 Å². The van der Waals surface area contributed by atoms with Gasteiger partial charge in [0.1, 0.15) is 11.6 Å². The van der Waals surface area contributed by atoms with Gasteiger partial charge in [0.2, 0.25) is 0 Å². The molecule has 6 heteroatoms. The third-order valence-corrected chi connectivity index (χ3v) is 5.63. The molecule has 1 aromatic carbocycles. The number of imidazole rings is 1. The van der Waals surface area contributed by atoms with Crippen LogP contribution in [0.15, 0.2) is 36.7 Å². The molecule has 0 unspecified atom stereocenters. The van der Waals surface area contributed by atoms with E-state index < -0.39 is 0 Å². The van der Waals surface area contributed by atoms with Gasteiger partial charge in [0.15, 0.2) is 5.82 Å². The Morgan fingerprint density at radius 1 is 1.07 bits per heavy atom. The maximum absolute atomic E-state index is 4.56. The van der Waals surface area contributed by atoms with Crippen LogP contribution in [0.3, 0.4) is 0 Å². The van der Waals surface area contributed by atoms with Gasteiger partial charge in [0.25, 0.3) is 0 Å². The van der Waals surface area contributed by atoms with Gasteiger partial charge in [-0.3, -0.25) is 4.90 Å². The Morgan fingerprint density at radius 2 is 1.89 bits per heavy atom. The van der Waals surface area contributed by atoms with Crippen molar-refractivity contribution in [1.29, 1.82) is 0 Å². The van der Waals surface area contributed by atoms with Gasteiger partial charge in [-0.1, -0.05) is 29.8 Å². The van der Waals surface area contributed by atoms with Gasteiger partial charge < -0.3 is 9.13 Å². The lowest BCUT2D eigenvalue weighted by Crippen LogP contribution is -2.34. The number of hydrogen-bond acceptors (Lipinski definition) is 4. The molecule has 0 radical (unpaired) electrons. The molecule has 1 aliphatic heterocycles. The summed E-state index contributed by atoms with van der Waals surface area (Å²) in [5, 5.41) is 9.03. The van der Waals surface area contributed by atoms with Crippen molar-refractivity contribution in [2.45, 2.75) is 45.7 Å². The van der Waals surface area contributed by atoms with E-state index in [1.54, 1.807) is 0 Å². The second kappa shape index (κ2) is 7.64. The molecule has 4 rings (SSSR count). The van der Waals surface area contributed by atoms with E-state index in [1.165, 1.54) is 24.0 Å². The summed E-state index contributed by atoms with van der Waals surface area (Å²) in [4.78, 5) is 6.84. The van der Waals surface area contributed by atoms with Crippen molar-refractivity contribution in [1.82, 2.24) is 29.2 Å². The monoisotopic (exact) mass is 364 g/mol. The SMILES string of the molecule is Cc1ccc(CN2CCC[C@@H](c3nnc(Cn4ccnc4C)n3C)C2)cc1. The third kappa shape index (κ3) is 3.95. The van der Waals surface area contributed by atoms with Crippen LogP contribution in [0.1, 0.15) is 47.4 Å². The lowest BCUT2D eigenvalue weighted by molar-refractivity contribution is 0.195. The lowest BCUT2D eigenvalue weighted by atomic mass is 9.96. The first-order valence-electron chi connectivity index (χ1n) is 9.74. The Labute approximate surface area is 160 Å². The minimum absolute atomic E-state index is 0.444. The smallest absolute Gasteiger partial charge is 0.152 e. The second-order valence-corrected chi connectivity index (χ2v) is 7.70. The van der Waals surface area contributed by atoms with Crippen LogP contribution in [0.2, 0.25) is 0 Å². The van der Waals surface area contributed by atoms with Gasteiger partial charge in [-0.15, -0.1) is 10.2 Å². The van der Waals surface area contributed by atoms with Crippen molar-refractivity contribution >= 4 is 0 Å². The molecule has 0 N–H and O–H groups in total. The Kier molecular flexibility index (Phi) is 5.07. The highest BCUT2D eigenvalue weighted by atomic mass is 15.3. The predicted octanol–water partition coefficient (Wildman–Crippen LogP) is 3.06. The minimum Gasteiger partial charge on any atom is -0.328 e. The van der Waals surface area contributed by atoms with Crippen LogP contribution in [-0.4, -0.2) is 42.3 Å². The van der Waals surface area contributed by atoms with Crippen molar-refractivity contribution in [2.24, 2.45) is 7.05 Å². The van der Waals surface area contributed by atoms with E-state index >= 15 is 0 Å². The zero-order valence-corrected chi connectivity index (χ0v) is 16.5. The molecule has 1 saturated heterocycles. The number of aryl methyl sites for hydroxylation is 2. The standard InChI is InChI=1S/C21H28N6/c1-16-6-8-18(9-7-16)13-26-11-4-5-19(14-26)21-24-23-20(25(21)3)15-27-12-10-22-17(27)2/h6-10,12,19H,4-5,11,13-15H2,1-3H3/t19-/m1/s1. The summed E-state index contributed by atoms with van der Waals surface area (Å²) in [5.74, 6) is 3.54. The normalized spacial score (nSPS) is 18.1. The number of rotatable bonds is 5. The maximum atomic E-state index is 4.56. The molecule has 2 aromatic heterocycles. The molecule has 0 bridgehead atoms. The summed E-state index contributed by atoms with van der Waals surface area (Å²) in [7, 11) is 2.09. The van der Waals surface area contributed by atoms with Crippen molar-refractivity contribution in [3.8, 4) is 0 Å². The molecule has 0 aliphatic carbocycles. The fraction of sp³-hybridized carbons (Fsp3) is 0.476. The number of nitrogens with zero attached hydrogens (tertiary/aromatic N) is 6. The molecule has 3 heterocycles. The van der Waals surface area contributed by atoms with Crippen LogP contribution in [0, 0.1) is 13.8 Å². The number of likely N-dealkylation sites (tertiary alicyclic amines) is 1. The molecule has 0 saturated carbocycles. The summed E-state index contributed by atoms with van der Waals surface area (Å²) in [5.41, 5.74) is 2.70. The first kappa shape index (κ1) is 17.9. The number of aromatic nitrogens is 5. The quantitative estimate of drug-likeness (QED) is 0.698. The minimum atomic E-state index is 0.444. The van der Waals surface area contributed by atoms with Crippen LogP contribution in [0.5, 0.6) is 0 Å². The van der Waals surface area contributed by atoms with Crippen LogP contribution in [-0.2, 0) is 20.1 Å². The van der Waals surface area contributed by atoms with Crippen molar-refractivity contribution in [3.63, 3.8) is 0 Å². The highest BCUT2D eigenvalue weighted by molar-refractivity contribution is 5.21. The van der Waals surface area contributed by atoms with E-state index in [2.05, 4.69) is 67.5 Å². The molecule has 0 spiro atoms. The summed E-state index contributed by atoms with van der Waals surface area (Å²) < 4.78 is 4.29. The maximum Gasteiger partial charge on any atom is 0.152 e. The van der Waals surface area contributed by atoms with Crippen molar-refractivity contribution in [2.75, 3.05) is 13.1 Å². The molecule has 27 heavy (non-hydrogen) atoms. The highest BCUT2D eigenvalue weighted by Gasteiger charge is 2.26. The molecule has 6 nitrogen and oxygen atoms in total. The largest absolute Gasteiger partial charge is 0.328 e. The number of hydrogen-bond donors (Lipinski definition) is 0. The molecule has 1 aliphatic rings. The third-order valence-electron chi connectivity index (χ3n) is 5.63.